The molecule has 3 N–H and O–H groups in total. The number of esters is 1. The fourth-order valence-electron chi connectivity index (χ4n) is 10.4. The number of carbonyl (C=O) groups is 2. The molecule has 0 fully saturated rings. The van der Waals surface area contributed by atoms with E-state index >= 15 is 0 Å². The highest BCUT2D eigenvalue weighted by Crippen LogP contribution is 2.18. The zero-order valence-electron chi connectivity index (χ0n) is 51.0. The Morgan fingerprint density at radius 1 is 0.368 bits per heavy atom. The van der Waals surface area contributed by atoms with E-state index in [2.05, 4.69) is 67.8 Å². The number of rotatable bonds is 63. The van der Waals surface area contributed by atoms with E-state index in [4.69, 9.17) is 4.74 Å². The lowest BCUT2D eigenvalue weighted by Gasteiger charge is -2.22. The maximum atomic E-state index is 12.5. The molecule has 0 radical (unpaired) electrons. The lowest BCUT2D eigenvalue weighted by molar-refractivity contribution is -0.143. The van der Waals surface area contributed by atoms with E-state index in [0.717, 1.165) is 57.8 Å². The first kappa shape index (κ1) is 73.8. The smallest absolute Gasteiger partial charge is 0.305 e. The number of carbonyl (C=O) groups excluding carboxylic acids is 2. The second kappa shape index (κ2) is 65.3. The van der Waals surface area contributed by atoms with Crippen molar-refractivity contribution in [1.29, 1.82) is 0 Å². The van der Waals surface area contributed by atoms with Gasteiger partial charge in [-0.05, 0) is 89.9 Å². The Labute approximate surface area is 474 Å². The molecule has 0 saturated heterocycles. The molecule has 0 aliphatic rings. The van der Waals surface area contributed by atoms with Gasteiger partial charge in [0, 0.05) is 12.8 Å². The van der Waals surface area contributed by atoms with Gasteiger partial charge in [-0.1, -0.05) is 306 Å². The average molecular weight is 1070 g/mol. The minimum absolute atomic E-state index is 0.00281. The fraction of sp³-hybridized carbons (Fsp3) is 0.857. The van der Waals surface area contributed by atoms with Crippen LogP contribution in [-0.2, 0) is 14.3 Å². The highest BCUT2D eigenvalue weighted by atomic mass is 16.5. The number of hydrogen-bond acceptors (Lipinski definition) is 5. The largest absolute Gasteiger partial charge is 0.466 e. The van der Waals surface area contributed by atoms with E-state index in [1.165, 1.54) is 270 Å². The van der Waals surface area contributed by atoms with Crippen molar-refractivity contribution in [2.75, 3.05) is 13.2 Å². The third kappa shape index (κ3) is 61.0. The summed E-state index contributed by atoms with van der Waals surface area (Å²) in [7, 11) is 0. The van der Waals surface area contributed by atoms with Crippen LogP contribution in [0, 0.1) is 0 Å². The van der Waals surface area contributed by atoms with Gasteiger partial charge in [-0.3, -0.25) is 9.59 Å². The van der Waals surface area contributed by atoms with Gasteiger partial charge in [0.25, 0.3) is 0 Å². The fourth-order valence-corrected chi connectivity index (χ4v) is 10.4. The minimum atomic E-state index is -0.667. The van der Waals surface area contributed by atoms with Crippen molar-refractivity contribution in [2.24, 2.45) is 0 Å². The predicted octanol–water partition coefficient (Wildman–Crippen LogP) is 21.7. The van der Waals surface area contributed by atoms with E-state index in [1.807, 2.05) is 0 Å². The second-order valence-corrected chi connectivity index (χ2v) is 23.1. The van der Waals surface area contributed by atoms with Crippen LogP contribution in [0.25, 0.3) is 0 Å². The molecule has 0 aromatic carbocycles. The number of allylic oxidation sites excluding steroid dienone is 8. The molecule has 0 saturated carbocycles. The van der Waals surface area contributed by atoms with Crippen molar-refractivity contribution in [1.82, 2.24) is 5.32 Å². The van der Waals surface area contributed by atoms with Gasteiger partial charge in [-0.15, -0.1) is 0 Å². The second-order valence-electron chi connectivity index (χ2n) is 23.1. The number of hydrogen-bond donors (Lipinski definition) is 3. The zero-order valence-corrected chi connectivity index (χ0v) is 51.0. The zero-order chi connectivity index (χ0) is 55.0. The molecule has 0 rings (SSSR count). The average Bonchev–Trinajstić information content (AvgIpc) is 3.42. The van der Waals surface area contributed by atoms with Crippen LogP contribution in [0.5, 0.6) is 0 Å². The number of amides is 1. The predicted molar refractivity (Wildman–Crippen MR) is 333 cm³/mol. The topological polar surface area (TPSA) is 95.9 Å². The summed E-state index contributed by atoms with van der Waals surface area (Å²) in [4.78, 5) is 24.6. The molecule has 2 unspecified atom stereocenters. The molecule has 0 aliphatic carbocycles. The molecule has 0 aliphatic heterocycles. The van der Waals surface area contributed by atoms with Gasteiger partial charge in [0.15, 0.2) is 0 Å². The van der Waals surface area contributed by atoms with Crippen LogP contribution in [-0.4, -0.2) is 47.4 Å². The van der Waals surface area contributed by atoms with E-state index < -0.39 is 12.1 Å². The van der Waals surface area contributed by atoms with Crippen LogP contribution < -0.4 is 5.32 Å². The molecule has 76 heavy (non-hydrogen) atoms. The number of unbranched alkanes of at least 4 members (excludes halogenated alkanes) is 44. The van der Waals surface area contributed by atoms with Crippen LogP contribution in [0.2, 0.25) is 0 Å². The number of aliphatic hydroxyl groups excluding tert-OH is 2. The SMILES string of the molecule is CCCCCC/C=C\C/C=C\CCCCCCCC(=O)OCCCCCCCCCCC/C=C\C/C=C\CCCCCCCCCCCCCC(=O)NC(CO)C(O)CCCCCCCCCCCCCCCCCC. The molecule has 446 valence electrons. The van der Waals surface area contributed by atoms with Crippen molar-refractivity contribution >= 4 is 11.9 Å². The Kier molecular flexibility index (Phi) is 63.5. The first-order valence-electron chi connectivity index (χ1n) is 33.9. The maximum Gasteiger partial charge on any atom is 0.305 e. The van der Waals surface area contributed by atoms with Crippen molar-refractivity contribution in [2.45, 2.75) is 373 Å². The van der Waals surface area contributed by atoms with Crippen molar-refractivity contribution in [3.63, 3.8) is 0 Å². The van der Waals surface area contributed by atoms with Crippen LogP contribution in [0.15, 0.2) is 48.6 Å². The number of ether oxygens (including phenoxy) is 1. The molecule has 6 nitrogen and oxygen atoms in total. The monoisotopic (exact) mass is 1070 g/mol. The summed E-state index contributed by atoms with van der Waals surface area (Å²) in [6.45, 7) is 4.94. The molecule has 0 aromatic heterocycles. The first-order chi connectivity index (χ1) is 37.5. The van der Waals surface area contributed by atoms with Gasteiger partial charge < -0.3 is 20.3 Å². The van der Waals surface area contributed by atoms with E-state index in [1.54, 1.807) is 0 Å². The van der Waals surface area contributed by atoms with Crippen molar-refractivity contribution < 1.29 is 24.5 Å². The molecule has 0 aromatic rings. The molecular weight excluding hydrogens is 935 g/mol. The Hall–Kier alpha value is -2.18. The minimum Gasteiger partial charge on any atom is -0.466 e. The number of aliphatic hydroxyl groups is 2. The van der Waals surface area contributed by atoms with Gasteiger partial charge in [0.05, 0.1) is 25.4 Å². The summed E-state index contributed by atoms with van der Waals surface area (Å²) < 4.78 is 5.48. The third-order valence-corrected chi connectivity index (χ3v) is 15.6. The van der Waals surface area contributed by atoms with Crippen LogP contribution in [0.3, 0.4) is 0 Å². The van der Waals surface area contributed by atoms with Crippen LogP contribution in [0.4, 0.5) is 0 Å². The van der Waals surface area contributed by atoms with Crippen molar-refractivity contribution in [3.05, 3.63) is 48.6 Å². The first-order valence-corrected chi connectivity index (χ1v) is 33.9. The van der Waals surface area contributed by atoms with Gasteiger partial charge in [0.1, 0.15) is 0 Å². The molecular formula is C70H131NO5. The summed E-state index contributed by atoms with van der Waals surface area (Å²) in [5.41, 5.74) is 0. The molecule has 2 atom stereocenters. The summed E-state index contributed by atoms with van der Waals surface area (Å²) in [5.74, 6) is -0.0391. The summed E-state index contributed by atoms with van der Waals surface area (Å²) in [6.07, 6.45) is 84.2. The molecule has 0 heterocycles. The van der Waals surface area contributed by atoms with Gasteiger partial charge in [-0.2, -0.15) is 0 Å². The Morgan fingerprint density at radius 2 is 0.658 bits per heavy atom. The number of nitrogens with one attached hydrogen (secondary N) is 1. The summed E-state index contributed by atoms with van der Waals surface area (Å²) in [5, 5.41) is 23.3. The Bertz CT molecular complexity index is 1270. The van der Waals surface area contributed by atoms with E-state index in [-0.39, 0.29) is 18.5 Å². The van der Waals surface area contributed by atoms with E-state index in [9.17, 15) is 19.8 Å². The molecule has 0 spiro atoms. The van der Waals surface area contributed by atoms with E-state index in [0.29, 0.717) is 25.9 Å². The third-order valence-electron chi connectivity index (χ3n) is 15.6. The standard InChI is InChI=1S/C70H131NO5/c1-3-5-7-9-11-13-15-17-19-34-38-42-46-50-54-58-62-68(73)67(66-72)71-69(74)63-59-55-51-47-43-39-35-32-30-28-26-24-22-21-23-25-27-29-31-33-37-41-45-49-53-57-61-65-76-70(75)64-60-56-52-48-44-40-36-20-18-16-14-12-10-8-6-4-2/h14,16,20-22,25,27,36,67-68,72-73H,3-13,15,17-19,23-24,26,28-35,37-66H2,1-2H3,(H,71,74)/b16-14-,22-21-,27-25-,36-20-. The maximum absolute atomic E-state index is 12.5. The van der Waals surface area contributed by atoms with Crippen LogP contribution >= 0.6 is 0 Å². The highest BCUT2D eigenvalue weighted by Gasteiger charge is 2.20. The van der Waals surface area contributed by atoms with Crippen molar-refractivity contribution in [3.8, 4) is 0 Å². The van der Waals surface area contributed by atoms with Gasteiger partial charge in [0.2, 0.25) is 5.91 Å². The molecule has 6 heteroatoms. The molecule has 1 amide bonds. The Morgan fingerprint density at radius 3 is 1.01 bits per heavy atom. The van der Waals surface area contributed by atoms with Crippen LogP contribution in [0.1, 0.15) is 361 Å². The summed E-state index contributed by atoms with van der Waals surface area (Å²) in [6, 6.07) is -0.545. The summed E-state index contributed by atoms with van der Waals surface area (Å²) >= 11 is 0. The lowest BCUT2D eigenvalue weighted by atomic mass is 10.0. The quantitative estimate of drug-likeness (QED) is 0.0320. The Balaban J connectivity index is 3.42. The molecule has 0 bridgehead atoms. The van der Waals surface area contributed by atoms with Gasteiger partial charge >= 0.3 is 5.97 Å². The van der Waals surface area contributed by atoms with Gasteiger partial charge in [-0.25, -0.2) is 0 Å². The normalized spacial score (nSPS) is 12.8. The highest BCUT2D eigenvalue weighted by molar-refractivity contribution is 5.76. The lowest BCUT2D eigenvalue weighted by Crippen LogP contribution is -2.45.